The van der Waals surface area contributed by atoms with Crippen molar-refractivity contribution in [3.05, 3.63) is 82.1 Å². The molecule has 0 spiro atoms. The van der Waals surface area contributed by atoms with Gasteiger partial charge < -0.3 is 14.4 Å². The van der Waals surface area contributed by atoms with Crippen LogP contribution in [0.4, 0.5) is 5.69 Å². The molecule has 4 unspecified atom stereocenters. The summed E-state index contributed by atoms with van der Waals surface area (Å²) in [5.41, 5.74) is 8.05. The predicted octanol–water partition coefficient (Wildman–Crippen LogP) is 5.47. The maximum atomic E-state index is 6.27. The number of para-hydroxylation sites is 1. The normalized spacial score (nSPS) is 28.0. The molecule has 3 nitrogen and oxygen atoms in total. The third kappa shape index (κ3) is 2.77. The zero-order chi connectivity index (χ0) is 19.4. The average molecular weight is 373 g/mol. The van der Waals surface area contributed by atoms with E-state index in [-0.39, 0.29) is 24.5 Å². The van der Waals surface area contributed by atoms with Crippen molar-refractivity contribution < 1.29 is 9.47 Å². The van der Waals surface area contributed by atoms with Crippen LogP contribution in [0.5, 0.6) is 0 Å². The van der Waals surface area contributed by atoms with Gasteiger partial charge in [-0.3, -0.25) is 0 Å². The van der Waals surface area contributed by atoms with E-state index in [2.05, 4.69) is 74.2 Å². The molecular weight excluding hydrogens is 346 g/mol. The first kappa shape index (κ1) is 17.6. The van der Waals surface area contributed by atoms with Crippen LogP contribution < -0.4 is 4.90 Å². The summed E-state index contributed by atoms with van der Waals surface area (Å²) < 4.78 is 12.5. The van der Waals surface area contributed by atoms with Crippen LogP contribution in [0.3, 0.4) is 0 Å². The number of aryl methyl sites for hydroxylation is 2. The third-order valence-corrected chi connectivity index (χ3v) is 6.11. The molecule has 0 radical (unpaired) electrons. The number of hydrogen-bond donors (Lipinski definition) is 0. The summed E-state index contributed by atoms with van der Waals surface area (Å²) in [5, 5.41) is 0. The van der Waals surface area contributed by atoms with Crippen LogP contribution in [0.2, 0.25) is 0 Å². The van der Waals surface area contributed by atoms with E-state index in [4.69, 9.17) is 9.47 Å². The van der Waals surface area contributed by atoms with Crippen LogP contribution >= 0.6 is 0 Å². The van der Waals surface area contributed by atoms with E-state index < -0.39 is 0 Å². The second-order valence-electron chi connectivity index (χ2n) is 8.30. The van der Waals surface area contributed by atoms with Crippen molar-refractivity contribution in [1.82, 2.24) is 0 Å². The second kappa shape index (κ2) is 6.52. The molecule has 3 heteroatoms. The second-order valence-corrected chi connectivity index (χ2v) is 8.30. The quantitative estimate of drug-likeness (QED) is 0.662. The van der Waals surface area contributed by atoms with E-state index in [9.17, 15) is 0 Å². The van der Waals surface area contributed by atoms with Crippen molar-refractivity contribution in [1.29, 1.82) is 0 Å². The van der Waals surface area contributed by atoms with E-state index in [1.807, 2.05) is 13.0 Å². The molecule has 144 valence electrons. The summed E-state index contributed by atoms with van der Waals surface area (Å²) in [6.45, 7) is 8.54. The Bertz CT molecular complexity index is 990. The van der Waals surface area contributed by atoms with Crippen LogP contribution in [-0.2, 0) is 15.9 Å². The van der Waals surface area contributed by atoms with Gasteiger partial charge in [0, 0.05) is 5.69 Å². The Kier molecular flexibility index (Phi) is 4.09. The number of hydrogen-bond acceptors (Lipinski definition) is 3. The van der Waals surface area contributed by atoms with Gasteiger partial charge in [0.2, 0.25) is 6.29 Å². The molecule has 3 aliphatic heterocycles. The highest BCUT2D eigenvalue weighted by Crippen LogP contribution is 2.46. The van der Waals surface area contributed by atoms with Crippen molar-refractivity contribution >= 4 is 11.8 Å². The Labute approximate surface area is 167 Å². The Balaban J connectivity index is 1.67. The number of nitrogens with zero attached hydrogens (tertiary/aromatic N) is 1. The maximum Gasteiger partial charge on any atom is 0.220 e. The minimum absolute atomic E-state index is 0.0634. The fourth-order valence-corrected chi connectivity index (χ4v) is 5.13. The molecule has 2 aromatic rings. The lowest BCUT2D eigenvalue weighted by molar-refractivity contribution is -0.162. The minimum Gasteiger partial charge on any atom is -0.468 e. The number of allylic oxidation sites excluding steroid dienone is 1. The zero-order valence-corrected chi connectivity index (χ0v) is 17.0. The first-order chi connectivity index (χ1) is 13.5. The summed E-state index contributed by atoms with van der Waals surface area (Å²) in [6.07, 6.45) is 7.34. The van der Waals surface area contributed by atoms with E-state index in [0.717, 1.165) is 12.2 Å². The number of rotatable bonds is 1. The van der Waals surface area contributed by atoms with Crippen LogP contribution in [0.15, 0.2) is 54.3 Å². The van der Waals surface area contributed by atoms with Gasteiger partial charge in [-0.25, -0.2) is 0 Å². The van der Waals surface area contributed by atoms with Gasteiger partial charge in [0.25, 0.3) is 0 Å². The monoisotopic (exact) mass is 373 g/mol. The molecule has 0 bridgehead atoms. The number of anilines is 1. The molecule has 0 amide bonds. The molecule has 0 saturated heterocycles. The summed E-state index contributed by atoms with van der Waals surface area (Å²) in [6, 6.07) is 13.6. The topological polar surface area (TPSA) is 21.7 Å². The van der Waals surface area contributed by atoms with E-state index >= 15 is 0 Å². The molecule has 2 aromatic carbocycles. The van der Waals surface area contributed by atoms with Gasteiger partial charge in [0.15, 0.2) is 0 Å². The molecule has 3 heterocycles. The standard InChI is InChI=1S/C25H27NO2/c1-15-11-16(2)24-20(12-15)14-23(25-27-17(3)13-18(4)28-25)26-21-8-6-5-7-19(21)9-10-22(24)26/h5-13,17,22-23,25H,14H2,1-4H3. The third-order valence-electron chi connectivity index (χ3n) is 6.11. The van der Waals surface area contributed by atoms with Crippen molar-refractivity contribution in [2.45, 2.75) is 58.6 Å². The number of fused-ring (bicyclic) bond motifs is 5. The average Bonchev–Trinajstić information content (AvgIpc) is 2.65. The molecule has 0 aliphatic carbocycles. The smallest absolute Gasteiger partial charge is 0.220 e. The first-order valence-corrected chi connectivity index (χ1v) is 10.2. The van der Waals surface area contributed by atoms with Crippen LogP contribution in [0.1, 0.15) is 47.7 Å². The SMILES string of the molecule is CC1=CC(C)OC(C2Cc3cc(C)cc(C)c3C3C=Cc4ccccc4N32)O1. The Hall–Kier alpha value is -2.52. The van der Waals surface area contributed by atoms with Gasteiger partial charge in [0.1, 0.15) is 0 Å². The summed E-state index contributed by atoms with van der Waals surface area (Å²) in [5.74, 6) is 0.951. The number of benzene rings is 2. The van der Waals surface area contributed by atoms with Crippen molar-refractivity contribution in [3.63, 3.8) is 0 Å². The fourth-order valence-electron chi connectivity index (χ4n) is 5.13. The lowest BCUT2D eigenvalue weighted by atomic mass is 9.81. The van der Waals surface area contributed by atoms with Crippen LogP contribution in [0, 0.1) is 13.8 Å². The molecule has 0 saturated carbocycles. The molecule has 3 aliphatic rings. The van der Waals surface area contributed by atoms with Gasteiger partial charge in [-0.1, -0.05) is 48.0 Å². The highest BCUT2D eigenvalue weighted by Gasteiger charge is 2.43. The summed E-state index contributed by atoms with van der Waals surface area (Å²) >= 11 is 0. The highest BCUT2D eigenvalue weighted by atomic mass is 16.7. The van der Waals surface area contributed by atoms with Gasteiger partial charge in [0.05, 0.1) is 23.9 Å². The molecule has 5 rings (SSSR count). The Morgan fingerprint density at radius 1 is 1.07 bits per heavy atom. The largest absolute Gasteiger partial charge is 0.468 e. The Morgan fingerprint density at radius 3 is 2.71 bits per heavy atom. The van der Waals surface area contributed by atoms with Gasteiger partial charge >= 0.3 is 0 Å². The lowest BCUT2D eigenvalue weighted by Gasteiger charge is -2.49. The van der Waals surface area contributed by atoms with Crippen molar-refractivity contribution in [2.24, 2.45) is 0 Å². The first-order valence-electron chi connectivity index (χ1n) is 10.2. The fraction of sp³-hybridized carbons (Fsp3) is 0.360. The Morgan fingerprint density at radius 2 is 1.89 bits per heavy atom. The summed E-state index contributed by atoms with van der Waals surface area (Å²) in [7, 11) is 0. The summed E-state index contributed by atoms with van der Waals surface area (Å²) in [4.78, 5) is 2.52. The minimum atomic E-state index is -0.281. The van der Waals surface area contributed by atoms with Crippen molar-refractivity contribution in [2.75, 3.05) is 4.90 Å². The van der Waals surface area contributed by atoms with E-state index in [1.54, 1.807) is 0 Å². The van der Waals surface area contributed by atoms with Crippen molar-refractivity contribution in [3.8, 4) is 0 Å². The molecular formula is C25H27NO2. The molecule has 0 N–H and O–H groups in total. The number of ether oxygens (including phenoxy) is 2. The predicted molar refractivity (Wildman–Crippen MR) is 113 cm³/mol. The molecule has 0 aromatic heterocycles. The van der Waals surface area contributed by atoms with Gasteiger partial charge in [-0.05, 0) is 68.5 Å². The van der Waals surface area contributed by atoms with Gasteiger partial charge in [-0.15, -0.1) is 0 Å². The van der Waals surface area contributed by atoms with E-state index in [1.165, 1.54) is 33.5 Å². The lowest BCUT2D eigenvalue weighted by Crippen LogP contribution is -2.53. The van der Waals surface area contributed by atoms with Crippen LogP contribution in [-0.4, -0.2) is 18.4 Å². The molecule has 28 heavy (non-hydrogen) atoms. The maximum absolute atomic E-state index is 6.27. The molecule has 0 fully saturated rings. The molecule has 4 atom stereocenters. The highest BCUT2D eigenvalue weighted by molar-refractivity contribution is 5.75. The van der Waals surface area contributed by atoms with Gasteiger partial charge in [-0.2, -0.15) is 0 Å². The van der Waals surface area contributed by atoms with E-state index in [0.29, 0.717) is 0 Å². The van der Waals surface area contributed by atoms with Crippen LogP contribution in [0.25, 0.3) is 6.08 Å². The zero-order valence-electron chi connectivity index (χ0n) is 17.0.